The van der Waals surface area contributed by atoms with E-state index in [1.54, 1.807) is 0 Å². The van der Waals surface area contributed by atoms with Gasteiger partial charge in [0.1, 0.15) is 0 Å². The van der Waals surface area contributed by atoms with Gasteiger partial charge in [-0.1, -0.05) is 32.6 Å². The predicted molar refractivity (Wildman–Crippen MR) is 133 cm³/mol. The molecule has 1 atom stereocenters. The molecule has 0 aromatic carbocycles. The maximum Gasteiger partial charge on any atom is 0.225 e. The summed E-state index contributed by atoms with van der Waals surface area (Å²) < 4.78 is 11.1. The van der Waals surface area contributed by atoms with E-state index in [0.29, 0.717) is 32.3 Å². The maximum atomic E-state index is 12.7. The van der Waals surface area contributed by atoms with Gasteiger partial charge in [-0.05, 0) is 32.6 Å². The molecule has 0 aromatic heterocycles. The van der Waals surface area contributed by atoms with Crippen LogP contribution in [0.1, 0.15) is 65.2 Å². The van der Waals surface area contributed by atoms with E-state index in [0.717, 1.165) is 64.3 Å². The number of ether oxygens (including phenoxy) is 2. The number of carbonyl (C=O) groups excluding carboxylic acids is 1. The second-order valence-corrected chi connectivity index (χ2v) is 8.09. The first kappa shape index (κ1) is 27.4. The Bertz CT molecular complexity index is 487. The highest BCUT2D eigenvalue weighted by Gasteiger charge is 2.31. The first-order chi connectivity index (χ1) is 14.2. The number of nitrogens with one attached hydrogen (secondary N) is 2. The number of rotatable bonds is 12. The van der Waals surface area contributed by atoms with E-state index in [1.807, 2.05) is 0 Å². The molecule has 2 aliphatic rings. The van der Waals surface area contributed by atoms with Crippen molar-refractivity contribution in [2.75, 3.05) is 52.6 Å². The molecule has 1 saturated heterocycles. The molecule has 1 amide bonds. The molecule has 30 heavy (non-hydrogen) atoms. The molecular weight excluding hydrogens is 495 g/mol. The molecule has 1 unspecified atom stereocenters. The quantitative estimate of drug-likeness (QED) is 0.173. The zero-order valence-electron chi connectivity index (χ0n) is 19.0. The van der Waals surface area contributed by atoms with Crippen LogP contribution in [0.3, 0.4) is 0 Å². The van der Waals surface area contributed by atoms with Crippen molar-refractivity contribution in [2.45, 2.75) is 71.3 Å². The molecule has 7 nitrogen and oxygen atoms in total. The van der Waals surface area contributed by atoms with Crippen molar-refractivity contribution >= 4 is 35.8 Å². The van der Waals surface area contributed by atoms with Gasteiger partial charge in [0.25, 0.3) is 0 Å². The Labute approximate surface area is 200 Å². The molecule has 2 fully saturated rings. The first-order valence-electron chi connectivity index (χ1n) is 11.7. The summed E-state index contributed by atoms with van der Waals surface area (Å²) in [6.45, 7) is 9.95. The van der Waals surface area contributed by atoms with E-state index >= 15 is 0 Å². The van der Waals surface area contributed by atoms with Crippen LogP contribution in [0.4, 0.5) is 0 Å². The molecule has 1 aliphatic heterocycles. The highest BCUT2D eigenvalue weighted by molar-refractivity contribution is 14.0. The third-order valence-electron chi connectivity index (χ3n) is 5.66. The summed E-state index contributed by atoms with van der Waals surface area (Å²) in [6, 6.07) is 0.272. The summed E-state index contributed by atoms with van der Waals surface area (Å²) >= 11 is 0. The van der Waals surface area contributed by atoms with Crippen LogP contribution in [0.5, 0.6) is 0 Å². The third-order valence-corrected chi connectivity index (χ3v) is 5.66. The van der Waals surface area contributed by atoms with Gasteiger partial charge in [0, 0.05) is 38.2 Å². The molecular formula is C22H43IN4O3. The molecule has 1 heterocycles. The van der Waals surface area contributed by atoms with Crippen LogP contribution in [-0.2, 0) is 14.3 Å². The average Bonchev–Trinajstić information content (AvgIpc) is 3.21. The molecule has 2 N–H and O–H groups in total. The van der Waals surface area contributed by atoms with Crippen LogP contribution in [0.2, 0.25) is 0 Å². The van der Waals surface area contributed by atoms with Crippen LogP contribution in [-0.4, -0.2) is 75.4 Å². The number of hydrogen-bond donors (Lipinski definition) is 2. The van der Waals surface area contributed by atoms with Gasteiger partial charge in [0.2, 0.25) is 5.91 Å². The van der Waals surface area contributed by atoms with Crippen molar-refractivity contribution in [1.82, 2.24) is 15.5 Å². The highest BCUT2D eigenvalue weighted by atomic mass is 127. The minimum absolute atomic E-state index is 0. The van der Waals surface area contributed by atoms with Gasteiger partial charge < -0.3 is 25.0 Å². The van der Waals surface area contributed by atoms with Crippen molar-refractivity contribution in [3.63, 3.8) is 0 Å². The molecule has 0 spiro atoms. The van der Waals surface area contributed by atoms with Crippen molar-refractivity contribution < 1.29 is 14.3 Å². The van der Waals surface area contributed by atoms with Gasteiger partial charge in [0.05, 0.1) is 26.4 Å². The number of aliphatic imine (C=N–C) groups is 1. The van der Waals surface area contributed by atoms with Crippen LogP contribution >= 0.6 is 24.0 Å². The van der Waals surface area contributed by atoms with Crippen molar-refractivity contribution in [3.8, 4) is 0 Å². The van der Waals surface area contributed by atoms with E-state index in [-0.39, 0.29) is 35.9 Å². The summed E-state index contributed by atoms with van der Waals surface area (Å²) in [7, 11) is 0. The standard InChI is InChI=1S/C22H42N4O3.HI/c1-3-5-14-28-16-17-29-15-12-24-22(23-4-2)25-20-11-13-26(18-20)21(27)19-9-7-6-8-10-19;/h19-20H,3-18H2,1-2H3,(H2,23,24,25);1H. The van der Waals surface area contributed by atoms with Crippen LogP contribution in [0, 0.1) is 5.92 Å². The summed E-state index contributed by atoms with van der Waals surface area (Å²) in [4.78, 5) is 19.4. The molecule has 176 valence electrons. The maximum absolute atomic E-state index is 12.7. The second kappa shape index (κ2) is 17.0. The fourth-order valence-electron chi connectivity index (χ4n) is 3.99. The lowest BCUT2D eigenvalue weighted by Gasteiger charge is -2.26. The van der Waals surface area contributed by atoms with E-state index in [9.17, 15) is 4.79 Å². The summed E-state index contributed by atoms with van der Waals surface area (Å²) in [5, 5.41) is 6.79. The number of hydrogen-bond acceptors (Lipinski definition) is 4. The first-order valence-corrected chi connectivity index (χ1v) is 11.7. The molecule has 2 rings (SSSR count). The summed E-state index contributed by atoms with van der Waals surface area (Å²) in [6.07, 6.45) is 9.07. The second-order valence-electron chi connectivity index (χ2n) is 8.09. The zero-order chi connectivity index (χ0) is 20.7. The topological polar surface area (TPSA) is 75.2 Å². The van der Waals surface area contributed by atoms with Gasteiger partial charge >= 0.3 is 0 Å². The monoisotopic (exact) mass is 538 g/mol. The van der Waals surface area contributed by atoms with Crippen LogP contribution in [0.25, 0.3) is 0 Å². The number of unbranched alkanes of at least 4 members (excludes halogenated alkanes) is 1. The number of amides is 1. The average molecular weight is 539 g/mol. The Kier molecular flexibility index (Phi) is 15.5. The smallest absolute Gasteiger partial charge is 0.225 e. The molecule has 8 heteroatoms. The van der Waals surface area contributed by atoms with E-state index in [1.165, 1.54) is 19.3 Å². The predicted octanol–water partition coefficient (Wildman–Crippen LogP) is 3.17. The number of nitrogens with zero attached hydrogens (tertiary/aromatic N) is 2. The van der Waals surface area contributed by atoms with E-state index in [2.05, 4.69) is 34.4 Å². The SMILES string of the molecule is CCCCOCCOCCN=C(NCC)NC1CCN(C(=O)C2CCCCC2)C1.I. The lowest BCUT2D eigenvalue weighted by molar-refractivity contribution is -0.135. The number of carbonyl (C=O) groups is 1. The summed E-state index contributed by atoms with van der Waals surface area (Å²) in [5.74, 6) is 1.44. The molecule has 0 aromatic rings. The van der Waals surface area contributed by atoms with Crippen molar-refractivity contribution in [1.29, 1.82) is 0 Å². The van der Waals surface area contributed by atoms with Crippen molar-refractivity contribution in [3.05, 3.63) is 0 Å². The van der Waals surface area contributed by atoms with E-state index in [4.69, 9.17) is 9.47 Å². The Balaban J connectivity index is 0.00000450. The fraction of sp³-hybridized carbons (Fsp3) is 0.909. The third kappa shape index (κ3) is 10.6. The van der Waals surface area contributed by atoms with Gasteiger partial charge in [-0.15, -0.1) is 24.0 Å². The van der Waals surface area contributed by atoms with Gasteiger partial charge in [-0.25, -0.2) is 0 Å². The Morgan fingerprint density at radius 2 is 1.77 bits per heavy atom. The summed E-state index contributed by atoms with van der Waals surface area (Å²) in [5.41, 5.74) is 0. The Morgan fingerprint density at radius 3 is 2.47 bits per heavy atom. The zero-order valence-corrected chi connectivity index (χ0v) is 21.3. The molecule has 1 saturated carbocycles. The molecule has 1 aliphatic carbocycles. The molecule has 0 radical (unpaired) electrons. The number of guanidine groups is 1. The fourth-order valence-corrected chi connectivity index (χ4v) is 3.99. The largest absolute Gasteiger partial charge is 0.379 e. The van der Waals surface area contributed by atoms with Gasteiger partial charge in [0.15, 0.2) is 5.96 Å². The molecule has 0 bridgehead atoms. The van der Waals surface area contributed by atoms with Crippen LogP contribution in [0.15, 0.2) is 4.99 Å². The van der Waals surface area contributed by atoms with Gasteiger partial charge in [-0.3, -0.25) is 9.79 Å². The Hall–Kier alpha value is -0.610. The lowest BCUT2D eigenvalue weighted by atomic mass is 9.88. The van der Waals surface area contributed by atoms with Gasteiger partial charge in [-0.2, -0.15) is 0 Å². The number of halogens is 1. The van der Waals surface area contributed by atoms with E-state index < -0.39 is 0 Å². The van der Waals surface area contributed by atoms with Crippen LogP contribution < -0.4 is 10.6 Å². The minimum atomic E-state index is 0. The van der Waals surface area contributed by atoms with Crippen molar-refractivity contribution in [2.24, 2.45) is 10.9 Å². The lowest BCUT2D eigenvalue weighted by Crippen LogP contribution is -2.45. The minimum Gasteiger partial charge on any atom is -0.379 e. The highest BCUT2D eigenvalue weighted by Crippen LogP contribution is 2.26. The normalized spacial score (nSPS) is 20.1. The number of likely N-dealkylation sites (tertiary alicyclic amines) is 1. The Morgan fingerprint density at radius 1 is 1.03 bits per heavy atom.